The van der Waals surface area contributed by atoms with Gasteiger partial charge in [0.15, 0.2) is 0 Å². The fourth-order valence-corrected chi connectivity index (χ4v) is 2.89. The normalized spacial score (nSPS) is 20.3. The lowest BCUT2D eigenvalue weighted by Gasteiger charge is -2.32. The van der Waals surface area contributed by atoms with E-state index in [1.807, 2.05) is 0 Å². The molecule has 6 heteroatoms. The van der Waals surface area contributed by atoms with E-state index in [1.165, 1.54) is 4.90 Å². The Bertz CT molecular complexity index is 273. The SMILES string of the molecule is NCCCCCC(=O)N1CCSCC1C(=O)O. The molecule has 0 aromatic heterocycles. The van der Waals surface area contributed by atoms with Crippen molar-refractivity contribution in [2.75, 3.05) is 24.6 Å². The summed E-state index contributed by atoms with van der Waals surface area (Å²) < 4.78 is 0. The average Bonchev–Trinajstić information content (AvgIpc) is 2.34. The lowest BCUT2D eigenvalue weighted by atomic mass is 10.1. The molecule has 5 nitrogen and oxygen atoms in total. The summed E-state index contributed by atoms with van der Waals surface area (Å²) in [6, 6.07) is -0.643. The first-order chi connectivity index (χ1) is 8.16. The molecule has 1 amide bonds. The van der Waals surface area contributed by atoms with Crippen LogP contribution in [0.1, 0.15) is 25.7 Å². The minimum absolute atomic E-state index is 0.0327. The molecule has 1 heterocycles. The van der Waals surface area contributed by atoms with Gasteiger partial charge in [-0.05, 0) is 19.4 Å². The molecule has 0 aliphatic carbocycles. The van der Waals surface area contributed by atoms with Gasteiger partial charge in [-0.1, -0.05) is 6.42 Å². The predicted molar refractivity (Wildman–Crippen MR) is 68.0 cm³/mol. The van der Waals surface area contributed by atoms with Crippen LogP contribution in [0.4, 0.5) is 0 Å². The largest absolute Gasteiger partial charge is 0.480 e. The molecule has 1 aliphatic rings. The summed E-state index contributed by atoms with van der Waals surface area (Å²) in [5, 5.41) is 9.04. The molecule has 0 aromatic carbocycles. The highest BCUT2D eigenvalue weighted by Crippen LogP contribution is 2.18. The third kappa shape index (κ3) is 4.55. The van der Waals surface area contributed by atoms with Crippen LogP contribution in [0.3, 0.4) is 0 Å². The van der Waals surface area contributed by atoms with Gasteiger partial charge in [-0.2, -0.15) is 11.8 Å². The van der Waals surface area contributed by atoms with Gasteiger partial charge in [0.05, 0.1) is 0 Å². The van der Waals surface area contributed by atoms with Crippen molar-refractivity contribution in [3.63, 3.8) is 0 Å². The van der Waals surface area contributed by atoms with Gasteiger partial charge in [0, 0.05) is 24.5 Å². The fraction of sp³-hybridized carbons (Fsp3) is 0.818. The number of thioether (sulfide) groups is 1. The number of unbranched alkanes of at least 4 members (excludes halogenated alkanes) is 2. The number of amides is 1. The summed E-state index contributed by atoms with van der Waals surface area (Å²) in [4.78, 5) is 24.4. The molecule has 1 unspecified atom stereocenters. The maximum Gasteiger partial charge on any atom is 0.327 e. The Hall–Kier alpha value is -0.750. The number of nitrogens with two attached hydrogens (primary N) is 1. The first kappa shape index (κ1) is 14.3. The van der Waals surface area contributed by atoms with Gasteiger partial charge in [0.1, 0.15) is 6.04 Å². The second-order valence-corrected chi connectivity index (χ2v) is 5.27. The minimum atomic E-state index is -0.896. The minimum Gasteiger partial charge on any atom is -0.480 e. The second kappa shape index (κ2) is 7.55. The number of rotatable bonds is 6. The number of nitrogens with zero attached hydrogens (tertiary/aromatic N) is 1. The number of hydrogen-bond donors (Lipinski definition) is 2. The van der Waals surface area contributed by atoms with E-state index in [9.17, 15) is 9.59 Å². The van der Waals surface area contributed by atoms with Crippen LogP contribution >= 0.6 is 11.8 Å². The van der Waals surface area contributed by atoms with Gasteiger partial charge in [-0.25, -0.2) is 4.79 Å². The Kier molecular flexibility index (Phi) is 6.36. The van der Waals surface area contributed by atoms with Crippen LogP contribution in [-0.2, 0) is 9.59 Å². The highest BCUT2D eigenvalue weighted by molar-refractivity contribution is 7.99. The Morgan fingerprint density at radius 2 is 2.12 bits per heavy atom. The van der Waals surface area contributed by atoms with Crippen molar-refractivity contribution in [1.82, 2.24) is 4.90 Å². The van der Waals surface area contributed by atoms with Gasteiger partial charge >= 0.3 is 5.97 Å². The van der Waals surface area contributed by atoms with Crippen LogP contribution in [0, 0.1) is 0 Å². The predicted octanol–water partition coefficient (Wildman–Crippen LogP) is 0.534. The molecule has 1 saturated heterocycles. The molecule has 1 fully saturated rings. The van der Waals surface area contributed by atoms with E-state index in [1.54, 1.807) is 11.8 Å². The van der Waals surface area contributed by atoms with Gasteiger partial charge in [0.25, 0.3) is 0 Å². The standard InChI is InChI=1S/C11H20N2O3S/c12-5-3-1-2-4-10(14)13-6-7-17-8-9(13)11(15)16/h9H,1-8,12H2,(H,15,16). The molecule has 0 saturated carbocycles. The topological polar surface area (TPSA) is 83.6 Å². The Labute approximate surface area is 106 Å². The monoisotopic (exact) mass is 260 g/mol. The first-order valence-corrected chi connectivity index (χ1v) is 7.12. The van der Waals surface area contributed by atoms with E-state index in [2.05, 4.69) is 0 Å². The zero-order valence-corrected chi connectivity index (χ0v) is 10.7. The van der Waals surface area contributed by atoms with E-state index in [-0.39, 0.29) is 5.91 Å². The van der Waals surface area contributed by atoms with Gasteiger partial charge in [-0.3, -0.25) is 4.79 Å². The van der Waals surface area contributed by atoms with E-state index in [0.717, 1.165) is 25.0 Å². The van der Waals surface area contributed by atoms with Crippen LogP contribution in [0.5, 0.6) is 0 Å². The average molecular weight is 260 g/mol. The van der Waals surface area contributed by atoms with Gasteiger partial charge in [-0.15, -0.1) is 0 Å². The lowest BCUT2D eigenvalue weighted by Crippen LogP contribution is -2.50. The first-order valence-electron chi connectivity index (χ1n) is 5.97. The molecule has 0 bridgehead atoms. The Morgan fingerprint density at radius 3 is 2.76 bits per heavy atom. The van der Waals surface area contributed by atoms with Crippen LogP contribution in [-0.4, -0.2) is 52.5 Å². The Balaban J connectivity index is 2.39. The van der Waals surface area contributed by atoms with Crippen molar-refractivity contribution in [1.29, 1.82) is 0 Å². The summed E-state index contributed by atoms with van der Waals surface area (Å²) in [7, 11) is 0. The molecule has 0 aromatic rings. The van der Waals surface area contributed by atoms with Gasteiger partial charge < -0.3 is 15.7 Å². The number of carboxylic acids is 1. The van der Waals surface area contributed by atoms with E-state index in [0.29, 0.717) is 25.3 Å². The maximum atomic E-state index is 11.9. The number of aliphatic carboxylic acids is 1. The van der Waals surface area contributed by atoms with Crippen molar-refractivity contribution in [3.8, 4) is 0 Å². The van der Waals surface area contributed by atoms with Crippen molar-refractivity contribution in [2.45, 2.75) is 31.7 Å². The summed E-state index contributed by atoms with van der Waals surface area (Å²) >= 11 is 1.59. The number of hydrogen-bond acceptors (Lipinski definition) is 4. The van der Waals surface area contributed by atoms with Gasteiger partial charge in [0.2, 0.25) is 5.91 Å². The van der Waals surface area contributed by atoms with Crippen LogP contribution in [0.2, 0.25) is 0 Å². The molecule has 1 atom stereocenters. The van der Waals surface area contributed by atoms with E-state index in [4.69, 9.17) is 10.8 Å². The van der Waals surface area contributed by atoms with E-state index >= 15 is 0 Å². The molecule has 3 N–H and O–H groups in total. The van der Waals surface area contributed by atoms with Crippen molar-refractivity contribution in [3.05, 3.63) is 0 Å². The summed E-state index contributed by atoms with van der Waals surface area (Å²) in [5.41, 5.74) is 5.37. The quantitative estimate of drug-likeness (QED) is 0.681. The van der Waals surface area contributed by atoms with Crippen LogP contribution in [0.25, 0.3) is 0 Å². The molecule has 98 valence electrons. The summed E-state index contributed by atoms with van der Waals surface area (Å²) in [6.45, 7) is 1.20. The molecule has 0 spiro atoms. The third-order valence-electron chi connectivity index (χ3n) is 2.83. The highest BCUT2D eigenvalue weighted by atomic mass is 32.2. The van der Waals surface area contributed by atoms with Crippen molar-refractivity contribution in [2.24, 2.45) is 5.73 Å². The van der Waals surface area contributed by atoms with Crippen LogP contribution in [0.15, 0.2) is 0 Å². The van der Waals surface area contributed by atoms with Crippen molar-refractivity contribution >= 4 is 23.6 Å². The lowest BCUT2D eigenvalue weighted by molar-refractivity contribution is -0.149. The van der Waals surface area contributed by atoms with Crippen molar-refractivity contribution < 1.29 is 14.7 Å². The van der Waals surface area contributed by atoms with E-state index < -0.39 is 12.0 Å². The Morgan fingerprint density at radius 1 is 1.35 bits per heavy atom. The maximum absolute atomic E-state index is 11.9. The number of carbonyl (C=O) groups excluding carboxylic acids is 1. The zero-order chi connectivity index (χ0) is 12.7. The second-order valence-electron chi connectivity index (χ2n) is 4.12. The number of carboxylic acid groups (broad SMARTS) is 1. The zero-order valence-electron chi connectivity index (χ0n) is 9.93. The molecular weight excluding hydrogens is 240 g/mol. The fourth-order valence-electron chi connectivity index (χ4n) is 1.85. The molecule has 17 heavy (non-hydrogen) atoms. The summed E-state index contributed by atoms with van der Waals surface area (Å²) in [5.74, 6) is 0.407. The smallest absolute Gasteiger partial charge is 0.327 e. The summed E-state index contributed by atoms with van der Waals surface area (Å²) in [6.07, 6.45) is 3.09. The molecular formula is C11H20N2O3S. The molecule has 1 rings (SSSR count). The highest BCUT2D eigenvalue weighted by Gasteiger charge is 2.31. The number of carbonyl (C=O) groups is 2. The third-order valence-corrected chi connectivity index (χ3v) is 3.85. The van der Waals surface area contributed by atoms with Crippen LogP contribution < -0.4 is 5.73 Å². The molecule has 1 aliphatic heterocycles. The molecule has 0 radical (unpaired) electrons.